The molecule has 4 heteroatoms. The second-order valence-electron chi connectivity index (χ2n) is 5.13. The molecule has 2 aromatic carbocycles. The second kappa shape index (κ2) is 7.47. The van der Waals surface area contributed by atoms with Crippen molar-refractivity contribution >= 4 is 34.2 Å². The zero-order valence-corrected chi connectivity index (χ0v) is 15.3. The lowest BCUT2D eigenvalue weighted by atomic mass is 9.99. The molecule has 0 aliphatic rings. The number of ether oxygens (including phenoxy) is 1. The van der Waals surface area contributed by atoms with Gasteiger partial charge in [0.15, 0.2) is 0 Å². The molecule has 0 aliphatic heterocycles. The highest BCUT2D eigenvalue weighted by Gasteiger charge is 2.13. The lowest BCUT2D eigenvalue weighted by molar-refractivity contribution is 0.242. The van der Waals surface area contributed by atoms with E-state index in [1.165, 1.54) is 5.56 Å². The van der Waals surface area contributed by atoms with E-state index in [2.05, 4.69) is 46.1 Å². The van der Waals surface area contributed by atoms with E-state index >= 15 is 0 Å². The minimum atomic E-state index is 0.118. The first-order valence-corrected chi connectivity index (χ1v) is 8.35. The Balaban J connectivity index is 2.26. The summed E-state index contributed by atoms with van der Waals surface area (Å²) in [7, 11) is 1.95. The summed E-state index contributed by atoms with van der Waals surface area (Å²) in [6.07, 6.45) is 0.186. The van der Waals surface area contributed by atoms with Crippen LogP contribution in [0.1, 0.15) is 31.0 Å². The van der Waals surface area contributed by atoms with E-state index in [0.717, 1.165) is 19.9 Å². The number of hydrogen-bond acceptors (Lipinski definition) is 2. The van der Waals surface area contributed by atoms with E-state index < -0.39 is 0 Å². The van der Waals surface area contributed by atoms with Gasteiger partial charge in [-0.2, -0.15) is 0 Å². The van der Waals surface area contributed by atoms with Gasteiger partial charge in [0.1, 0.15) is 5.75 Å². The fourth-order valence-electron chi connectivity index (χ4n) is 2.23. The summed E-state index contributed by atoms with van der Waals surface area (Å²) in [5.74, 6) is 0.893. The topological polar surface area (TPSA) is 21.3 Å². The van der Waals surface area contributed by atoms with Crippen molar-refractivity contribution in [2.75, 3.05) is 7.05 Å². The van der Waals surface area contributed by atoms with Crippen LogP contribution in [0.5, 0.6) is 5.75 Å². The molecule has 0 saturated heterocycles. The zero-order chi connectivity index (χ0) is 15.4. The van der Waals surface area contributed by atoms with Crippen LogP contribution < -0.4 is 10.1 Å². The molecule has 0 bridgehead atoms. The summed E-state index contributed by atoms with van der Waals surface area (Å²) < 4.78 is 6.74. The number of hydrogen-bond donors (Lipinski definition) is 1. The van der Waals surface area contributed by atoms with Gasteiger partial charge in [0, 0.05) is 3.57 Å². The molecule has 0 aromatic heterocycles. The third kappa shape index (κ3) is 4.34. The molecule has 0 heterocycles. The number of rotatable bonds is 5. The smallest absolute Gasteiger partial charge is 0.119 e. The van der Waals surface area contributed by atoms with Gasteiger partial charge in [-0.15, -0.1) is 0 Å². The molecule has 0 radical (unpaired) electrons. The first-order valence-electron chi connectivity index (χ1n) is 6.90. The number of nitrogens with one attached hydrogen (secondary N) is 1. The van der Waals surface area contributed by atoms with E-state index in [1.54, 1.807) is 0 Å². The molecule has 0 amide bonds. The maximum absolute atomic E-state index is 6.23. The Kier molecular flexibility index (Phi) is 5.90. The summed E-state index contributed by atoms with van der Waals surface area (Å²) in [4.78, 5) is 0. The number of benzene rings is 2. The molecule has 112 valence electrons. The molecule has 2 aromatic rings. The van der Waals surface area contributed by atoms with Gasteiger partial charge in [0.25, 0.3) is 0 Å². The number of halogens is 2. The Morgan fingerprint density at radius 3 is 2.19 bits per heavy atom. The van der Waals surface area contributed by atoms with Crippen LogP contribution in [0, 0.1) is 3.57 Å². The van der Waals surface area contributed by atoms with E-state index in [4.69, 9.17) is 16.3 Å². The molecule has 0 saturated carbocycles. The van der Waals surface area contributed by atoms with Crippen molar-refractivity contribution in [1.29, 1.82) is 0 Å². The second-order valence-corrected chi connectivity index (χ2v) is 6.70. The normalized spacial score (nSPS) is 12.5. The minimum absolute atomic E-state index is 0.118. The van der Waals surface area contributed by atoms with Gasteiger partial charge in [-0.1, -0.05) is 29.8 Å². The molecule has 2 nitrogen and oxygen atoms in total. The Labute approximate surface area is 145 Å². The summed E-state index contributed by atoms with van der Waals surface area (Å²) in [5.41, 5.74) is 2.34. The summed E-state index contributed by atoms with van der Waals surface area (Å²) in [5, 5.41) is 4.12. The standard InChI is InChI=1S/C17H19ClINO/c1-11(2)21-14-7-4-12(5-8-14)17(20-3)13-6-9-16(19)15(18)10-13/h4-11,17,20H,1-3H3. The Bertz CT molecular complexity index is 598. The highest BCUT2D eigenvalue weighted by Crippen LogP contribution is 2.28. The van der Waals surface area contributed by atoms with Crippen LogP contribution in [-0.4, -0.2) is 13.2 Å². The average molecular weight is 416 g/mol. The molecule has 1 unspecified atom stereocenters. The maximum Gasteiger partial charge on any atom is 0.119 e. The zero-order valence-electron chi connectivity index (χ0n) is 12.4. The van der Waals surface area contributed by atoms with Crippen LogP contribution in [-0.2, 0) is 0 Å². The first kappa shape index (κ1) is 16.6. The van der Waals surface area contributed by atoms with Crippen LogP contribution in [0.3, 0.4) is 0 Å². The summed E-state index contributed by atoms with van der Waals surface area (Å²) >= 11 is 8.47. The quantitative estimate of drug-likeness (QED) is 0.691. The van der Waals surface area contributed by atoms with Crippen LogP contribution in [0.2, 0.25) is 5.02 Å². The minimum Gasteiger partial charge on any atom is -0.491 e. The monoisotopic (exact) mass is 415 g/mol. The molecule has 1 N–H and O–H groups in total. The summed E-state index contributed by atoms with van der Waals surface area (Å²) in [6, 6.07) is 14.5. The highest BCUT2D eigenvalue weighted by atomic mass is 127. The predicted molar refractivity (Wildman–Crippen MR) is 97.3 cm³/mol. The van der Waals surface area contributed by atoms with Crippen molar-refractivity contribution in [2.45, 2.75) is 26.0 Å². The van der Waals surface area contributed by atoms with Crippen molar-refractivity contribution in [2.24, 2.45) is 0 Å². The van der Waals surface area contributed by atoms with Crippen LogP contribution in [0.4, 0.5) is 0 Å². The Morgan fingerprint density at radius 1 is 1.05 bits per heavy atom. The lowest BCUT2D eigenvalue weighted by Gasteiger charge is -2.18. The Hall–Kier alpha value is -0.780. The molecule has 0 spiro atoms. The fraction of sp³-hybridized carbons (Fsp3) is 0.294. The van der Waals surface area contributed by atoms with Gasteiger partial charge < -0.3 is 10.1 Å². The van der Waals surface area contributed by atoms with Crippen molar-refractivity contribution in [3.05, 3.63) is 62.2 Å². The van der Waals surface area contributed by atoms with Gasteiger partial charge >= 0.3 is 0 Å². The van der Waals surface area contributed by atoms with Crippen LogP contribution in [0.15, 0.2) is 42.5 Å². The molecule has 1 atom stereocenters. The molecular formula is C17H19ClINO. The largest absolute Gasteiger partial charge is 0.491 e. The SMILES string of the molecule is CNC(c1ccc(OC(C)C)cc1)c1ccc(I)c(Cl)c1. The predicted octanol–water partition coefficient (Wildman–Crippen LogP) is 5.04. The van der Waals surface area contributed by atoms with Gasteiger partial charge in [-0.25, -0.2) is 0 Å². The van der Waals surface area contributed by atoms with E-state index in [-0.39, 0.29) is 12.1 Å². The Morgan fingerprint density at radius 2 is 1.67 bits per heavy atom. The molecule has 0 aliphatic carbocycles. The third-order valence-electron chi connectivity index (χ3n) is 3.15. The van der Waals surface area contributed by atoms with Gasteiger partial charge in [-0.3, -0.25) is 0 Å². The van der Waals surface area contributed by atoms with Crippen molar-refractivity contribution in [3.63, 3.8) is 0 Å². The van der Waals surface area contributed by atoms with E-state index in [0.29, 0.717) is 0 Å². The fourth-order valence-corrected chi connectivity index (χ4v) is 2.75. The average Bonchev–Trinajstić information content (AvgIpc) is 2.45. The van der Waals surface area contributed by atoms with Crippen molar-refractivity contribution < 1.29 is 4.74 Å². The molecule has 2 rings (SSSR count). The molecule has 21 heavy (non-hydrogen) atoms. The van der Waals surface area contributed by atoms with Crippen molar-refractivity contribution in [3.8, 4) is 5.75 Å². The molecule has 0 fully saturated rings. The van der Waals surface area contributed by atoms with Crippen LogP contribution in [0.25, 0.3) is 0 Å². The maximum atomic E-state index is 6.23. The summed E-state index contributed by atoms with van der Waals surface area (Å²) in [6.45, 7) is 4.05. The first-order chi connectivity index (χ1) is 10.0. The highest BCUT2D eigenvalue weighted by molar-refractivity contribution is 14.1. The van der Waals surface area contributed by atoms with E-state index in [9.17, 15) is 0 Å². The van der Waals surface area contributed by atoms with Gasteiger partial charge in [0.05, 0.1) is 17.2 Å². The van der Waals surface area contributed by atoms with Gasteiger partial charge in [-0.05, 0) is 78.9 Å². The van der Waals surface area contributed by atoms with Crippen LogP contribution >= 0.6 is 34.2 Å². The molecular weight excluding hydrogens is 397 g/mol. The van der Waals surface area contributed by atoms with E-state index in [1.807, 2.05) is 45.2 Å². The van der Waals surface area contributed by atoms with Crippen molar-refractivity contribution in [1.82, 2.24) is 5.32 Å². The van der Waals surface area contributed by atoms with Gasteiger partial charge in [0.2, 0.25) is 0 Å². The lowest BCUT2D eigenvalue weighted by Crippen LogP contribution is -2.17. The third-order valence-corrected chi connectivity index (χ3v) is 4.72.